The van der Waals surface area contributed by atoms with Crippen LogP contribution in [0.5, 0.6) is 0 Å². The van der Waals surface area contributed by atoms with Gasteiger partial charge < -0.3 is 14.2 Å². The van der Waals surface area contributed by atoms with E-state index >= 15 is 0 Å². The predicted molar refractivity (Wildman–Crippen MR) is 64.1 cm³/mol. The van der Waals surface area contributed by atoms with E-state index in [-0.39, 0.29) is 18.8 Å². The van der Waals surface area contributed by atoms with E-state index in [2.05, 4.69) is 4.74 Å². The molecule has 0 saturated carbocycles. The van der Waals surface area contributed by atoms with E-state index in [0.717, 1.165) is 9.47 Å². The van der Waals surface area contributed by atoms with Gasteiger partial charge in [0.05, 0.1) is 6.61 Å². The van der Waals surface area contributed by atoms with Gasteiger partial charge in [-0.25, -0.2) is 0 Å². The number of hydrogen-bond donors (Lipinski definition) is 0. The lowest BCUT2D eigenvalue weighted by Gasteiger charge is -2.18. The van der Waals surface area contributed by atoms with Crippen molar-refractivity contribution in [1.29, 1.82) is 0 Å². The van der Waals surface area contributed by atoms with Gasteiger partial charge in [-0.1, -0.05) is 0 Å². The summed E-state index contributed by atoms with van der Waals surface area (Å²) in [5, 5.41) is 0. The van der Waals surface area contributed by atoms with Crippen LogP contribution in [0.25, 0.3) is 0 Å². The molecule has 20 heavy (non-hydrogen) atoms. The van der Waals surface area contributed by atoms with Crippen molar-refractivity contribution in [2.45, 2.75) is 19.6 Å². The number of hydrogen-bond acceptors (Lipinski definition) is 3. The molecule has 1 heterocycles. The Hall–Kier alpha value is -1.99. The predicted octanol–water partition coefficient (Wildman–Crippen LogP) is 1.69. The Morgan fingerprint density at radius 2 is 2.05 bits per heavy atom. The Balaban J connectivity index is 2.77. The Labute approximate surface area is 113 Å². The molecule has 0 aromatic carbocycles. The minimum atomic E-state index is -4.42. The van der Waals surface area contributed by atoms with Crippen LogP contribution in [0.3, 0.4) is 0 Å². The standard InChI is InChI=1S/C12H15F3N2O3/c1-3-20-10(18)7-16(2)11(19)9-5-4-6-17(9)8-12(13,14)15/h4-6H,3,7-8H2,1-2H3. The van der Waals surface area contributed by atoms with Gasteiger partial charge in [-0.05, 0) is 19.1 Å². The highest BCUT2D eigenvalue weighted by Crippen LogP contribution is 2.19. The first-order valence-electron chi connectivity index (χ1n) is 5.87. The number of carbonyl (C=O) groups excluding carboxylic acids is 2. The van der Waals surface area contributed by atoms with Crippen molar-refractivity contribution in [3.63, 3.8) is 0 Å². The smallest absolute Gasteiger partial charge is 0.406 e. The second kappa shape index (κ2) is 6.44. The van der Waals surface area contributed by atoms with Crippen molar-refractivity contribution in [2.24, 2.45) is 0 Å². The number of amides is 1. The maximum Gasteiger partial charge on any atom is 0.406 e. The van der Waals surface area contributed by atoms with Crippen LogP contribution in [0.1, 0.15) is 17.4 Å². The monoisotopic (exact) mass is 292 g/mol. The molecule has 0 aliphatic carbocycles. The van der Waals surface area contributed by atoms with Crippen LogP contribution in [0, 0.1) is 0 Å². The summed E-state index contributed by atoms with van der Waals surface area (Å²) in [4.78, 5) is 24.2. The molecule has 0 N–H and O–H groups in total. The molecule has 0 radical (unpaired) electrons. The van der Waals surface area contributed by atoms with Crippen molar-refractivity contribution in [1.82, 2.24) is 9.47 Å². The van der Waals surface area contributed by atoms with Gasteiger partial charge in [0.25, 0.3) is 5.91 Å². The van der Waals surface area contributed by atoms with Gasteiger partial charge in [-0.2, -0.15) is 13.2 Å². The maximum atomic E-state index is 12.4. The lowest BCUT2D eigenvalue weighted by Crippen LogP contribution is -2.35. The van der Waals surface area contributed by atoms with Crippen LogP contribution in [0.4, 0.5) is 13.2 Å². The van der Waals surface area contributed by atoms with Crippen molar-refractivity contribution in [3.8, 4) is 0 Å². The number of rotatable bonds is 5. The number of carbonyl (C=O) groups is 2. The van der Waals surface area contributed by atoms with Crippen LogP contribution in [-0.2, 0) is 16.1 Å². The van der Waals surface area contributed by atoms with Gasteiger partial charge in [0.1, 0.15) is 18.8 Å². The summed E-state index contributed by atoms with van der Waals surface area (Å²) in [5.41, 5.74) is -0.130. The first-order valence-corrected chi connectivity index (χ1v) is 5.87. The maximum absolute atomic E-state index is 12.4. The van der Waals surface area contributed by atoms with Crippen molar-refractivity contribution >= 4 is 11.9 Å². The number of esters is 1. The first kappa shape index (κ1) is 16.1. The Kier molecular flexibility index (Phi) is 5.18. The number of nitrogens with zero attached hydrogens (tertiary/aromatic N) is 2. The van der Waals surface area contributed by atoms with E-state index in [9.17, 15) is 22.8 Å². The summed E-state index contributed by atoms with van der Waals surface area (Å²) >= 11 is 0. The summed E-state index contributed by atoms with van der Waals surface area (Å²) in [7, 11) is 1.32. The van der Waals surface area contributed by atoms with Crippen LogP contribution in [0.15, 0.2) is 18.3 Å². The van der Waals surface area contributed by atoms with Gasteiger partial charge in [0.2, 0.25) is 0 Å². The molecule has 5 nitrogen and oxygen atoms in total. The lowest BCUT2D eigenvalue weighted by atomic mass is 10.3. The third kappa shape index (κ3) is 4.60. The molecular formula is C12H15F3N2O3. The fourth-order valence-corrected chi connectivity index (χ4v) is 1.61. The third-order valence-corrected chi connectivity index (χ3v) is 2.42. The molecule has 8 heteroatoms. The Morgan fingerprint density at radius 1 is 1.40 bits per heavy atom. The highest BCUT2D eigenvalue weighted by atomic mass is 19.4. The van der Waals surface area contributed by atoms with E-state index < -0.39 is 24.6 Å². The number of aromatic nitrogens is 1. The van der Waals surface area contributed by atoms with Crippen molar-refractivity contribution in [3.05, 3.63) is 24.0 Å². The quantitative estimate of drug-likeness (QED) is 0.776. The molecule has 1 aromatic rings. The molecule has 0 saturated heterocycles. The summed E-state index contributed by atoms with van der Waals surface area (Å²) in [6.45, 7) is 0.220. The minimum Gasteiger partial charge on any atom is -0.465 e. The Morgan fingerprint density at radius 3 is 2.60 bits per heavy atom. The molecule has 1 aromatic heterocycles. The topological polar surface area (TPSA) is 51.5 Å². The van der Waals surface area contributed by atoms with E-state index in [4.69, 9.17) is 0 Å². The van der Waals surface area contributed by atoms with Crippen molar-refractivity contribution in [2.75, 3.05) is 20.2 Å². The molecule has 112 valence electrons. The van der Waals surface area contributed by atoms with Gasteiger partial charge in [0, 0.05) is 13.2 Å². The highest BCUT2D eigenvalue weighted by molar-refractivity contribution is 5.94. The summed E-state index contributed by atoms with van der Waals surface area (Å²) in [5.74, 6) is -1.29. The molecule has 0 atom stereocenters. The van der Waals surface area contributed by atoms with Crippen LogP contribution < -0.4 is 0 Å². The SMILES string of the molecule is CCOC(=O)CN(C)C(=O)c1cccn1CC(F)(F)F. The lowest BCUT2D eigenvalue weighted by molar-refractivity contribution is -0.144. The summed E-state index contributed by atoms with van der Waals surface area (Å²) in [6.07, 6.45) is -3.26. The summed E-state index contributed by atoms with van der Waals surface area (Å²) < 4.78 is 42.5. The summed E-state index contributed by atoms with van der Waals surface area (Å²) in [6, 6.07) is 2.62. The molecule has 0 aliphatic heterocycles. The van der Waals surface area contributed by atoms with E-state index in [0.29, 0.717) is 0 Å². The molecule has 0 fully saturated rings. The normalized spacial score (nSPS) is 11.2. The first-order chi connectivity index (χ1) is 9.24. The van der Waals surface area contributed by atoms with E-state index in [1.54, 1.807) is 6.92 Å². The van der Waals surface area contributed by atoms with Gasteiger partial charge >= 0.3 is 12.1 Å². The number of likely N-dealkylation sites (N-methyl/N-ethyl adjacent to an activating group) is 1. The van der Waals surface area contributed by atoms with Gasteiger partial charge in [-0.15, -0.1) is 0 Å². The number of ether oxygens (including phenoxy) is 1. The highest BCUT2D eigenvalue weighted by Gasteiger charge is 2.30. The zero-order valence-corrected chi connectivity index (χ0v) is 11.1. The molecule has 0 spiro atoms. The molecule has 1 rings (SSSR count). The number of halogens is 3. The van der Waals surface area contributed by atoms with Crippen LogP contribution in [0.2, 0.25) is 0 Å². The number of alkyl halides is 3. The van der Waals surface area contributed by atoms with Crippen LogP contribution >= 0.6 is 0 Å². The Bertz CT molecular complexity index is 483. The minimum absolute atomic E-state index is 0.130. The van der Waals surface area contributed by atoms with Crippen LogP contribution in [-0.4, -0.2) is 47.7 Å². The molecule has 0 unspecified atom stereocenters. The average Bonchev–Trinajstić information content (AvgIpc) is 2.73. The second-order valence-electron chi connectivity index (χ2n) is 4.10. The zero-order chi connectivity index (χ0) is 15.3. The fourth-order valence-electron chi connectivity index (χ4n) is 1.61. The second-order valence-corrected chi connectivity index (χ2v) is 4.10. The third-order valence-electron chi connectivity index (χ3n) is 2.42. The fraction of sp³-hybridized carbons (Fsp3) is 0.500. The largest absolute Gasteiger partial charge is 0.465 e. The van der Waals surface area contributed by atoms with Crippen molar-refractivity contribution < 1.29 is 27.5 Å². The van der Waals surface area contributed by atoms with E-state index in [1.807, 2.05) is 0 Å². The van der Waals surface area contributed by atoms with Gasteiger partial charge in [-0.3, -0.25) is 9.59 Å². The average molecular weight is 292 g/mol. The molecular weight excluding hydrogens is 277 g/mol. The molecule has 1 amide bonds. The van der Waals surface area contributed by atoms with E-state index in [1.165, 1.54) is 25.4 Å². The zero-order valence-electron chi connectivity index (χ0n) is 11.1. The molecule has 0 bridgehead atoms. The van der Waals surface area contributed by atoms with Gasteiger partial charge in [0.15, 0.2) is 0 Å². The molecule has 0 aliphatic rings.